The molecule has 4 heteroatoms. The van der Waals surface area contributed by atoms with E-state index in [-0.39, 0.29) is 11.4 Å². The Morgan fingerprint density at radius 1 is 1.06 bits per heavy atom. The van der Waals surface area contributed by atoms with Crippen LogP contribution in [0.2, 0.25) is 0 Å². The zero-order valence-corrected chi connectivity index (χ0v) is 18.8. The molecule has 5 rings (SSSR count). The molecule has 4 nitrogen and oxygen atoms in total. The van der Waals surface area contributed by atoms with Crippen LogP contribution in [0.3, 0.4) is 0 Å². The lowest BCUT2D eigenvalue weighted by Gasteiger charge is -2.23. The zero-order chi connectivity index (χ0) is 21.6. The number of fused-ring (bicyclic) bond motifs is 5. The van der Waals surface area contributed by atoms with Crippen LogP contribution in [0.1, 0.15) is 74.7 Å². The fourth-order valence-electron chi connectivity index (χ4n) is 5.29. The number of hydrogen-bond donors (Lipinski definition) is 1. The van der Waals surface area contributed by atoms with E-state index in [1.54, 1.807) is 0 Å². The van der Waals surface area contributed by atoms with E-state index in [0.29, 0.717) is 12.5 Å². The molecule has 0 bridgehead atoms. The first kappa shape index (κ1) is 20.2. The summed E-state index contributed by atoms with van der Waals surface area (Å²) in [4.78, 5) is 12.9. The number of carbonyl (C=O) groups is 1. The fraction of sp³-hybridized carbons (Fsp3) is 0.444. The quantitative estimate of drug-likeness (QED) is 0.534. The Balaban J connectivity index is 1.73. The van der Waals surface area contributed by atoms with E-state index in [0.717, 1.165) is 23.4 Å². The minimum absolute atomic E-state index is 0.0190. The van der Waals surface area contributed by atoms with Crippen LogP contribution >= 0.6 is 0 Å². The highest BCUT2D eigenvalue weighted by molar-refractivity contribution is 6.01. The van der Waals surface area contributed by atoms with Crippen LogP contribution in [0.25, 0.3) is 22.2 Å². The molecule has 0 radical (unpaired) electrons. The van der Waals surface area contributed by atoms with Gasteiger partial charge in [-0.2, -0.15) is 0 Å². The molecule has 0 spiro atoms. The number of hydrogen-bond acceptors (Lipinski definition) is 2. The predicted octanol–water partition coefficient (Wildman–Crippen LogP) is 6.28. The number of aromatic nitrogens is 1. The molecule has 2 aromatic carbocycles. The maximum atomic E-state index is 12.9. The van der Waals surface area contributed by atoms with Crippen molar-refractivity contribution in [2.24, 2.45) is 0 Å². The Morgan fingerprint density at radius 3 is 2.61 bits per heavy atom. The second kappa shape index (κ2) is 7.74. The van der Waals surface area contributed by atoms with Crippen molar-refractivity contribution in [3.05, 3.63) is 53.6 Å². The molecule has 1 fully saturated rings. The molecular weight excluding hydrogens is 384 g/mol. The summed E-state index contributed by atoms with van der Waals surface area (Å²) >= 11 is 0. The second-order valence-corrected chi connectivity index (χ2v) is 10.0. The van der Waals surface area contributed by atoms with Crippen LogP contribution in [0, 0.1) is 0 Å². The SMILES string of the molecule is CC(C)(C)NC(=O)c1ccc2c(C3CCCCC3)c3n(c2c1)CCOc1ccccc1-3. The summed E-state index contributed by atoms with van der Waals surface area (Å²) in [5, 5.41) is 4.40. The minimum Gasteiger partial charge on any atom is -0.491 e. The number of carbonyl (C=O) groups excluding carboxylic acids is 1. The number of rotatable bonds is 2. The van der Waals surface area contributed by atoms with Crippen molar-refractivity contribution < 1.29 is 9.53 Å². The molecule has 1 aliphatic carbocycles. The Morgan fingerprint density at radius 2 is 1.84 bits per heavy atom. The molecule has 1 aromatic heterocycles. The zero-order valence-electron chi connectivity index (χ0n) is 18.8. The summed E-state index contributed by atoms with van der Waals surface area (Å²) in [5.74, 6) is 1.51. The maximum absolute atomic E-state index is 12.9. The van der Waals surface area contributed by atoms with E-state index in [2.05, 4.69) is 40.2 Å². The van der Waals surface area contributed by atoms with Crippen LogP contribution in [-0.4, -0.2) is 22.6 Å². The van der Waals surface area contributed by atoms with Gasteiger partial charge in [-0.25, -0.2) is 0 Å². The molecule has 162 valence electrons. The lowest BCUT2D eigenvalue weighted by Crippen LogP contribution is -2.40. The Labute approximate surface area is 184 Å². The lowest BCUT2D eigenvalue weighted by atomic mass is 9.81. The number of ether oxygens (including phenoxy) is 1. The highest BCUT2D eigenvalue weighted by Gasteiger charge is 2.29. The standard InChI is InChI=1S/C27H32N2O2/c1-27(2,3)28-26(30)19-13-14-20-22(17-19)29-15-16-31-23-12-8-7-11-21(23)25(29)24(20)18-9-5-4-6-10-18/h7-8,11-14,17-18H,4-6,9-10,15-16H2,1-3H3,(H,28,30). The smallest absolute Gasteiger partial charge is 0.251 e. The molecule has 3 aromatic rings. The number of para-hydroxylation sites is 1. The first-order valence-electron chi connectivity index (χ1n) is 11.6. The monoisotopic (exact) mass is 416 g/mol. The Hall–Kier alpha value is -2.75. The molecular formula is C27H32N2O2. The molecule has 0 unspecified atom stereocenters. The predicted molar refractivity (Wildman–Crippen MR) is 126 cm³/mol. The number of benzene rings is 2. The van der Waals surface area contributed by atoms with Crippen LogP contribution in [0.5, 0.6) is 5.75 Å². The van der Waals surface area contributed by atoms with Gasteiger partial charge in [-0.05, 0) is 69.4 Å². The summed E-state index contributed by atoms with van der Waals surface area (Å²) in [7, 11) is 0. The van der Waals surface area contributed by atoms with Crippen molar-refractivity contribution in [2.45, 2.75) is 70.9 Å². The van der Waals surface area contributed by atoms with Crippen molar-refractivity contribution in [1.29, 1.82) is 0 Å². The third kappa shape index (κ3) is 3.73. The molecule has 0 saturated heterocycles. The summed E-state index contributed by atoms with van der Waals surface area (Å²) < 4.78 is 8.53. The fourth-order valence-corrected chi connectivity index (χ4v) is 5.29. The first-order valence-corrected chi connectivity index (χ1v) is 11.6. The molecule has 1 aliphatic heterocycles. The van der Waals surface area contributed by atoms with Gasteiger partial charge in [0.2, 0.25) is 0 Å². The van der Waals surface area contributed by atoms with Gasteiger partial charge in [0.1, 0.15) is 12.4 Å². The van der Waals surface area contributed by atoms with Gasteiger partial charge in [-0.3, -0.25) is 4.79 Å². The average Bonchev–Trinajstić information content (AvgIpc) is 2.94. The largest absolute Gasteiger partial charge is 0.491 e. The molecule has 2 aliphatic rings. The Bertz CT molecular complexity index is 1130. The van der Waals surface area contributed by atoms with Crippen LogP contribution < -0.4 is 10.1 Å². The van der Waals surface area contributed by atoms with Crippen molar-refractivity contribution in [1.82, 2.24) is 9.88 Å². The third-order valence-electron chi connectivity index (χ3n) is 6.58. The van der Waals surface area contributed by atoms with Crippen LogP contribution in [0.15, 0.2) is 42.5 Å². The maximum Gasteiger partial charge on any atom is 0.251 e. The molecule has 1 amide bonds. The first-order chi connectivity index (χ1) is 14.9. The summed E-state index contributed by atoms with van der Waals surface area (Å²) in [5.41, 5.74) is 5.53. The summed E-state index contributed by atoms with van der Waals surface area (Å²) in [6.07, 6.45) is 6.39. The molecule has 0 atom stereocenters. The van der Waals surface area contributed by atoms with Gasteiger partial charge in [0.05, 0.1) is 12.2 Å². The van der Waals surface area contributed by atoms with Crippen LogP contribution in [-0.2, 0) is 6.54 Å². The van der Waals surface area contributed by atoms with E-state index in [9.17, 15) is 4.79 Å². The highest BCUT2D eigenvalue weighted by atomic mass is 16.5. The highest BCUT2D eigenvalue weighted by Crippen LogP contribution is 2.47. The molecule has 31 heavy (non-hydrogen) atoms. The van der Waals surface area contributed by atoms with Gasteiger partial charge in [0, 0.05) is 27.6 Å². The summed E-state index contributed by atoms with van der Waals surface area (Å²) in [6.45, 7) is 7.47. The number of amides is 1. The third-order valence-corrected chi connectivity index (χ3v) is 6.58. The van der Waals surface area contributed by atoms with E-state index < -0.39 is 0 Å². The van der Waals surface area contributed by atoms with Gasteiger partial charge in [-0.15, -0.1) is 0 Å². The Kier molecular flexibility index (Phi) is 5.04. The summed E-state index contributed by atoms with van der Waals surface area (Å²) in [6, 6.07) is 14.7. The van der Waals surface area contributed by atoms with Gasteiger partial charge in [-0.1, -0.05) is 37.5 Å². The van der Waals surface area contributed by atoms with E-state index in [4.69, 9.17) is 4.74 Å². The van der Waals surface area contributed by atoms with E-state index in [1.165, 1.54) is 54.3 Å². The molecule has 2 heterocycles. The average molecular weight is 417 g/mol. The van der Waals surface area contributed by atoms with Crippen molar-refractivity contribution in [2.75, 3.05) is 6.61 Å². The van der Waals surface area contributed by atoms with Crippen LogP contribution in [0.4, 0.5) is 0 Å². The van der Waals surface area contributed by atoms with Crippen molar-refractivity contribution >= 4 is 16.8 Å². The number of nitrogens with one attached hydrogen (secondary N) is 1. The topological polar surface area (TPSA) is 43.3 Å². The van der Waals surface area contributed by atoms with Gasteiger partial charge in [0.15, 0.2) is 0 Å². The normalized spacial score (nSPS) is 16.9. The van der Waals surface area contributed by atoms with E-state index in [1.807, 2.05) is 32.9 Å². The lowest BCUT2D eigenvalue weighted by molar-refractivity contribution is 0.0919. The van der Waals surface area contributed by atoms with Crippen molar-refractivity contribution in [3.8, 4) is 17.0 Å². The molecule has 1 saturated carbocycles. The van der Waals surface area contributed by atoms with Crippen molar-refractivity contribution in [3.63, 3.8) is 0 Å². The minimum atomic E-state index is -0.262. The van der Waals surface area contributed by atoms with E-state index >= 15 is 0 Å². The van der Waals surface area contributed by atoms with Gasteiger partial charge in [0.25, 0.3) is 5.91 Å². The van der Waals surface area contributed by atoms with Gasteiger partial charge < -0.3 is 14.6 Å². The second-order valence-electron chi connectivity index (χ2n) is 10.0. The van der Waals surface area contributed by atoms with Gasteiger partial charge >= 0.3 is 0 Å². The molecule has 1 N–H and O–H groups in total. The number of nitrogens with zero attached hydrogens (tertiary/aromatic N) is 1.